The van der Waals surface area contributed by atoms with Gasteiger partial charge in [-0.05, 0) is 25.3 Å². The van der Waals surface area contributed by atoms with E-state index in [-0.39, 0.29) is 0 Å². The van der Waals surface area contributed by atoms with Crippen LogP contribution in [0, 0.1) is 5.41 Å². The standard InChI is InChI=1S/C14H14N2/c1-10(15)11(2)16-14-9-5-7-12-6-3-4-8-13(12)14/h3-9,15H,1-2H3. The highest BCUT2D eigenvalue weighted by Gasteiger charge is 2.00. The normalized spacial score (nSPS) is 11.8. The number of aliphatic imine (C=N–C) groups is 1. The van der Waals surface area contributed by atoms with Crippen molar-refractivity contribution in [2.24, 2.45) is 4.99 Å². The van der Waals surface area contributed by atoms with Crippen LogP contribution in [0.25, 0.3) is 10.8 Å². The minimum atomic E-state index is 0.507. The number of hydrogen-bond donors (Lipinski definition) is 1. The molecular formula is C14H14N2. The van der Waals surface area contributed by atoms with Gasteiger partial charge in [-0.15, -0.1) is 0 Å². The Morgan fingerprint density at radius 1 is 1.00 bits per heavy atom. The van der Waals surface area contributed by atoms with Gasteiger partial charge in [0.1, 0.15) is 0 Å². The van der Waals surface area contributed by atoms with E-state index in [1.807, 2.05) is 31.2 Å². The summed E-state index contributed by atoms with van der Waals surface area (Å²) in [6.45, 7) is 3.62. The van der Waals surface area contributed by atoms with Crippen molar-refractivity contribution >= 4 is 27.9 Å². The number of benzene rings is 2. The molecule has 0 unspecified atom stereocenters. The molecule has 0 fully saturated rings. The molecule has 1 N–H and O–H groups in total. The lowest BCUT2D eigenvalue weighted by Gasteiger charge is -2.03. The summed E-state index contributed by atoms with van der Waals surface area (Å²) < 4.78 is 0. The molecule has 0 radical (unpaired) electrons. The molecule has 0 aliphatic rings. The van der Waals surface area contributed by atoms with Gasteiger partial charge < -0.3 is 5.41 Å². The first-order valence-corrected chi connectivity index (χ1v) is 5.27. The summed E-state index contributed by atoms with van der Waals surface area (Å²) in [7, 11) is 0. The summed E-state index contributed by atoms with van der Waals surface area (Å²) in [4.78, 5) is 4.48. The molecule has 0 saturated carbocycles. The van der Waals surface area contributed by atoms with E-state index >= 15 is 0 Å². The van der Waals surface area contributed by atoms with Crippen LogP contribution in [0.5, 0.6) is 0 Å². The molecule has 16 heavy (non-hydrogen) atoms. The van der Waals surface area contributed by atoms with Gasteiger partial charge in [0.15, 0.2) is 0 Å². The Bertz CT molecular complexity index is 562. The molecule has 0 spiro atoms. The monoisotopic (exact) mass is 210 g/mol. The second-order valence-electron chi connectivity index (χ2n) is 3.82. The van der Waals surface area contributed by atoms with E-state index in [1.165, 1.54) is 5.39 Å². The smallest absolute Gasteiger partial charge is 0.0711 e. The highest BCUT2D eigenvalue weighted by atomic mass is 14.8. The summed E-state index contributed by atoms with van der Waals surface area (Å²) in [6.07, 6.45) is 0. The Morgan fingerprint density at radius 2 is 1.69 bits per heavy atom. The van der Waals surface area contributed by atoms with Crippen LogP contribution < -0.4 is 0 Å². The Labute approximate surface area is 95.2 Å². The molecule has 0 aromatic heterocycles. The highest BCUT2D eigenvalue weighted by Crippen LogP contribution is 2.25. The number of hydrogen-bond acceptors (Lipinski definition) is 2. The molecule has 0 aliphatic heterocycles. The van der Waals surface area contributed by atoms with Crippen LogP contribution in [0.4, 0.5) is 5.69 Å². The zero-order valence-corrected chi connectivity index (χ0v) is 9.49. The van der Waals surface area contributed by atoms with Crippen molar-refractivity contribution in [1.29, 1.82) is 5.41 Å². The maximum atomic E-state index is 7.53. The second-order valence-corrected chi connectivity index (χ2v) is 3.82. The van der Waals surface area contributed by atoms with Gasteiger partial charge >= 0.3 is 0 Å². The van der Waals surface area contributed by atoms with Gasteiger partial charge in [-0.25, -0.2) is 0 Å². The first-order chi connectivity index (χ1) is 7.68. The lowest BCUT2D eigenvalue weighted by Crippen LogP contribution is -2.02. The van der Waals surface area contributed by atoms with Gasteiger partial charge in [0.05, 0.1) is 11.4 Å². The lowest BCUT2D eigenvalue weighted by atomic mass is 10.1. The van der Waals surface area contributed by atoms with E-state index < -0.39 is 0 Å². The van der Waals surface area contributed by atoms with Crippen LogP contribution in [-0.4, -0.2) is 11.4 Å². The van der Waals surface area contributed by atoms with Crippen LogP contribution in [0.3, 0.4) is 0 Å². The second kappa shape index (κ2) is 4.27. The SMILES string of the molecule is CC(=N)C(C)=Nc1cccc2ccccc12. The number of nitrogens with one attached hydrogen (secondary N) is 1. The fraction of sp³-hybridized carbons (Fsp3) is 0.143. The van der Waals surface area contributed by atoms with Gasteiger partial charge in [-0.3, -0.25) is 4.99 Å². The summed E-state index contributed by atoms with van der Waals surface area (Å²) in [5, 5.41) is 9.84. The van der Waals surface area contributed by atoms with E-state index in [0.717, 1.165) is 16.8 Å². The lowest BCUT2D eigenvalue weighted by molar-refractivity contribution is 1.47. The van der Waals surface area contributed by atoms with Crippen molar-refractivity contribution in [3.8, 4) is 0 Å². The van der Waals surface area contributed by atoms with Gasteiger partial charge in [-0.2, -0.15) is 0 Å². The van der Waals surface area contributed by atoms with Gasteiger partial charge in [0.25, 0.3) is 0 Å². The van der Waals surface area contributed by atoms with E-state index in [1.54, 1.807) is 6.92 Å². The molecule has 0 saturated heterocycles. The number of fused-ring (bicyclic) bond motifs is 1. The van der Waals surface area contributed by atoms with Gasteiger partial charge in [0.2, 0.25) is 0 Å². The third-order valence-electron chi connectivity index (χ3n) is 2.60. The van der Waals surface area contributed by atoms with E-state index in [4.69, 9.17) is 5.41 Å². The van der Waals surface area contributed by atoms with Crippen molar-refractivity contribution in [2.75, 3.05) is 0 Å². The molecular weight excluding hydrogens is 196 g/mol. The molecule has 2 aromatic carbocycles. The molecule has 0 amide bonds. The maximum absolute atomic E-state index is 7.53. The minimum absolute atomic E-state index is 0.507. The highest BCUT2D eigenvalue weighted by molar-refractivity contribution is 6.40. The molecule has 0 atom stereocenters. The van der Waals surface area contributed by atoms with E-state index in [2.05, 4.69) is 23.2 Å². The first-order valence-electron chi connectivity index (χ1n) is 5.27. The Kier molecular flexibility index (Phi) is 2.82. The fourth-order valence-corrected chi connectivity index (χ4v) is 1.57. The third-order valence-corrected chi connectivity index (χ3v) is 2.60. The molecule has 2 nitrogen and oxygen atoms in total. The minimum Gasteiger partial charge on any atom is -0.304 e. The summed E-state index contributed by atoms with van der Waals surface area (Å²) in [5.74, 6) is 0. The zero-order chi connectivity index (χ0) is 11.5. The van der Waals surface area contributed by atoms with Gasteiger partial charge in [-0.1, -0.05) is 36.4 Å². The first kappa shape index (κ1) is 10.6. The maximum Gasteiger partial charge on any atom is 0.0711 e. The quantitative estimate of drug-likeness (QED) is 0.728. The molecule has 2 heteroatoms. The van der Waals surface area contributed by atoms with Gasteiger partial charge in [0, 0.05) is 11.1 Å². The topological polar surface area (TPSA) is 36.2 Å². The van der Waals surface area contributed by atoms with Crippen LogP contribution in [-0.2, 0) is 0 Å². The molecule has 0 heterocycles. The number of rotatable bonds is 2. The average Bonchev–Trinajstić information content (AvgIpc) is 2.29. The van der Waals surface area contributed by atoms with Crippen LogP contribution >= 0.6 is 0 Å². The summed E-state index contributed by atoms with van der Waals surface area (Å²) >= 11 is 0. The molecule has 2 rings (SSSR count). The molecule has 0 bridgehead atoms. The summed E-state index contributed by atoms with van der Waals surface area (Å²) in [5.41, 5.74) is 2.20. The van der Waals surface area contributed by atoms with Crippen molar-refractivity contribution in [3.05, 3.63) is 42.5 Å². The van der Waals surface area contributed by atoms with E-state index in [0.29, 0.717) is 5.71 Å². The Morgan fingerprint density at radius 3 is 2.44 bits per heavy atom. The predicted octanol–water partition coefficient (Wildman–Crippen LogP) is 3.97. The average molecular weight is 210 g/mol. The Hall–Kier alpha value is -1.96. The molecule has 80 valence electrons. The van der Waals surface area contributed by atoms with E-state index in [9.17, 15) is 0 Å². The van der Waals surface area contributed by atoms with Crippen LogP contribution in [0.1, 0.15) is 13.8 Å². The number of nitrogens with zero attached hydrogens (tertiary/aromatic N) is 1. The fourth-order valence-electron chi connectivity index (χ4n) is 1.57. The summed E-state index contributed by atoms with van der Waals surface area (Å²) in [6, 6.07) is 14.2. The van der Waals surface area contributed by atoms with Crippen molar-refractivity contribution < 1.29 is 0 Å². The largest absolute Gasteiger partial charge is 0.304 e. The van der Waals surface area contributed by atoms with Crippen LogP contribution in [0.15, 0.2) is 47.5 Å². The zero-order valence-electron chi connectivity index (χ0n) is 9.49. The van der Waals surface area contributed by atoms with Crippen molar-refractivity contribution in [3.63, 3.8) is 0 Å². The van der Waals surface area contributed by atoms with Crippen molar-refractivity contribution in [2.45, 2.75) is 13.8 Å². The predicted molar refractivity (Wildman–Crippen MR) is 70.1 cm³/mol. The van der Waals surface area contributed by atoms with Crippen LogP contribution in [0.2, 0.25) is 0 Å². The molecule has 2 aromatic rings. The van der Waals surface area contributed by atoms with Crippen molar-refractivity contribution in [1.82, 2.24) is 0 Å². The third kappa shape index (κ3) is 2.01. The Balaban J connectivity index is 2.61. The molecule has 0 aliphatic carbocycles.